The van der Waals surface area contributed by atoms with E-state index in [4.69, 9.17) is 0 Å². The topological polar surface area (TPSA) is 29.0 Å². The normalized spacial score (nSPS) is 14.4. The van der Waals surface area contributed by atoms with E-state index >= 15 is 0 Å². The monoisotopic (exact) mass is 243 g/mol. The van der Waals surface area contributed by atoms with Crippen molar-refractivity contribution in [1.82, 2.24) is 9.97 Å². The number of rotatable bonds is 1. The second-order valence-corrected chi connectivity index (χ2v) is 4.65. The number of hydrogen-bond donors (Lipinski definition) is 0. The third-order valence-corrected chi connectivity index (χ3v) is 3.23. The van der Waals surface area contributed by atoms with Gasteiger partial charge in [-0.15, -0.1) is 0 Å². The summed E-state index contributed by atoms with van der Waals surface area (Å²) in [5.41, 5.74) is 3.30. The van der Waals surface area contributed by atoms with Crippen LogP contribution in [0.3, 0.4) is 0 Å². The lowest BCUT2D eigenvalue weighted by Gasteiger charge is -2.28. The van der Waals surface area contributed by atoms with Crippen LogP contribution < -0.4 is 4.90 Å². The van der Waals surface area contributed by atoms with Crippen molar-refractivity contribution < 1.29 is 4.39 Å². The highest BCUT2D eigenvalue weighted by atomic mass is 19.1. The third-order valence-electron chi connectivity index (χ3n) is 3.23. The first kappa shape index (κ1) is 11.1. The molecule has 0 N–H and O–H groups in total. The molecule has 92 valence electrons. The van der Waals surface area contributed by atoms with Gasteiger partial charge in [0.25, 0.3) is 0 Å². The molecule has 0 radical (unpaired) electrons. The molecule has 0 bridgehead atoms. The number of aromatic nitrogens is 2. The maximum absolute atomic E-state index is 13.2. The average molecular weight is 243 g/mol. The highest BCUT2D eigenvalue weighted by Gasteiger charge is 2.18. The molecule has 3 rings (SSSR count). The van der Waals surface area contributed by atoms with Crippen LogP contribution in [0.25, 0.3) is 0 Å². The molecule has 0 amide bonds. The van der Waals surface area contributed by atoms with E-state index < -0.39 is 0 Å². The quantitative estimate of drug-likeness (QED) is 0.770. The van der Waals surface area contributed by atoms with Gasteiger partial charge in [0.2, 0.25) is 5.95 Å². The van der Waals surface area contributed by atoms with Crippen molar-refractivity contribution in [2.75, 3.05) is 11.4 Å². The molecule has 2 aromatic rings. The molecule has 1 aromatic carbocycles. The van der Waals surface area contributed by atoms with Crippen LogP contribution in [-0.2, 0) is 13.0 Å². The van der Waals surface area contributed by atoms with Gasteiger partial charge in [-0.3, -0.25) is 0 Å². The molecule has 0 aliphatic carbocycles. The smallest absolute Gasteiger partial charge is 0.225 e. The van der Waals surface area contributed by atoms with Crippen LogP contribution in [0.2, 0.25) is 0 Å². The maximum Gasteiger partial charge on any atom is 0.225 e. The van der Waals surface area contributed by atoms with Crippen LogP contribution >= 0.6 is 0 Å². The zero-order chi connectivity index (χ0) is 12.5. The van der Waals surface area contributed by atoms with Gasteiger partial charge in [-0.05, 0) is 42.2 Å². The van der Waals surface area contributed by atoms with Gasteiger partial charge in [-0.1, -0.05) is 6.07 Å². The molecule has 3 nitrogen and oxygen atoms in total. The van der Waals surface area contributed by atoms with E-state index in [1.54, 1.807) is 6.07 Å². The Bertz CT molecular complexity index is 566. The number of benzene rings is 1. The molecule has 0 unspecified atom stereocenters. The lowest BCUT2D eigenvalue weighted by atomic mass is 10.00. The molecule has 1 aliphatic rings. The first-order valence-corrected chi connectivity index (χ1v) is 6.03. The summed E-state index contributed by atoms with van der Waals surface area (Å²) in [4.78, 5) is 10.7. The second kappa shape index (κ2) is 4.37. The summed E-state index contributed by atoms with van der Waals surface area (Å²) in [6.07, 6.45) is 4.53. The summed E-state index contributed by atoms with van der Waals surface area (Å²) in [7, 11) is 0. The molecule has 2 heterocycles. The number of hydrogen-bond acceptors (Lipinski definition) is 3. The van der Waals surface area contributed by atoms with Crippen LogP contribution in [0.4, 0.5) is 10.3 Å². The molecule has 4 heteroatoms. The SMILES string of the molecule is Cc1cnc(N2CCc3ccc(F)cc3C2)nc1. The minimum Gasteiger partial charge on any atom is -0.336 e. The Balaban J connectivity index is 1.88. The van der Waals surface area contributed by atoms with Crippen molar-refractivity contribution in [3.05, 3.63) is 53.1 Å². The second-order valence-electron chi connectivity index (χ2n) is 4.65. The van der Waals surface area contributed by atoms with E-state index in [1.165, 1.54) is 11.6 Å². The fraction of sp³-hybridized carbons (Fsp3) is 0.286. The lowest BCUT2D eigenvalue weighted by molar-refractivity contribution is 0.617. The molecule has 0 saturated carbocycles. The lowest BCUT2D eigenvalue weighted by Crippen LogP contribution is -2.31. The molecular formula is C14H14FN3. The standard InChI is InChI=1S/C14H14FN3/c1-10-7-16-14(17-8-10)18-5-4-11-2-3-13(15)6-12(11)9-18/h2-3,6-8H,4-5,9H2,1H3. The van der Waals surface area contributed by atoms with E-state index in [1.807, 2.05) is 25.4 Å². The number of nitrogens with zero attached hydrogens (tertiary/aromatic N) is 3. The van der Waals surface area contributed by atoms with Crippen molar-refractivity contribution in [3.63, 3.8) is 0 Å². The molecule has 18 heavy (non-hydrogen) atoms. The Labute approximate surface area is 105 Å². The largest absolute Gasteiger partial charge is 0.336 e. The van der Waals surface area contributed by atoms with Gasteiger partial charge >= 0.3 is 0 Å². The molecule has 0 fully saturated rings. The Morgan fingerprint density at radius 1 is 1.17 bits per heavy atom. The highest BCUT2D eigenvalue weighted by molar-refractivity contribution is 5.39. The average Bonchev–Trinajstić information content (AvgIpc) is 2.38. The maximum atomic E-state index is 13.2. The van der Waals surface area contributed by atoms with Crippen LogP contribution in [0.5, 0.6) is 0 Å². The predicted octanol–water partition coefficient (Wildman–Crippen LogP) is 2.49. The first-order chi connectivity index (χ1) is 8.72. The Morgan fingerprint density at radius 3 is 2.72 bits per heavy atom. The van der Waals surface area contributed by atoms with Crippen molar-refractivity contribution in [1.29, 1.82) is 0 Å². The van der Waals surface area contributed by atoms with E-state index in [9.17, 15) is 4.39 Å². The fourth-order valence-electron chi connectivity index (χ4n) is 2.25. The number of anilines is 1. The van der Waals surface area contributed by atoms with Gasteiger partial charge in [-0.25, -0.2) is 14.4 Å². The van der Waals surface area contributed by atoms with Gasteiger partial charge in [0, 0.05) is 25.5 Å². The van der Waals surface area contributed by atoms with Gasteiger partial charge in [0.15, 0.2) is 0 Å². The zero-order valence-corrected chi connectivity index (χ0v) is 10.2. The van der Waals surface area contributed by atoms with Crippen molar-refractivity contribution in [3.8, 4) is 0 Å². The van der Waals surface area contributed by atoms with Crippen LogP contribution in [0.15, 0.2) is 30.6 Å². The fourth-order valence-corrected chi connectivity index (χ4v) is 2.25. The Hall–Kier alpha value is -1.97. The predicted molar refractivity (Wildman–Crippen MR) is 67.9 cm³/mol. The molecular weight excluding hydrogens is 229 g/mol. The highest BCUT2D eigenvalue weighted by Crippen LogP contribution is 2.22. The van der Waals surface area contributed by atoms with Crippen LogP contribution in [0.1, 0.15) is 16.7 Å². The summed E-state index contributed by atoms with van der Waals surface area (Å²) in [6.45, 7) is 3.52. The molecule has 0 saturated heterocycles. The molecule has 1 aliphatic heterocycles. The number of halogens is 1. The van der Waals surface area contributed by atoms with E-state index in [0.717, 1.165) is 30.0 Å². The first-order valence-electron chi connectivity index (χ1n) is 6.03. The molecule has 0 atom stereocenters. The van der Waals surface area contributed by atoms with E-state index in [2.05, 4.69) is 14.9 Å². The van der Waals surface area contributed by atoms with Crippen molar-refractivity contribution in [2.24, 2.45) is 0 Å². The minimum absolute atomic E-state index is 0.180. The molecule has 0 spiro atoms. The Kier molecular flexibility index (Phi) is 2.70. The summed E-state index contributed by atoms with van der Waals surface area (Å²) in [5.74, 6) is 0.538. The van der Waals surface area contributed by atoms with E-state index in [-0.39, 0.29) is 5.82 Å². The van der Waals surface area contributed by atoms with Crippen molar-refractivity contribution >= 4 is 5.95 Å². The Morgan fingerprint density at radius 2 is 1.94 bits per heavy atom. The third kappa shape index (κ3) is 2.06. The van der Waals surface area contributed by atoms with Gasteiger partial charge < -0.3 is 4.90 Å². The number of aryl methyl sites for hydroxylation is 1. The zero-order valence-electron chi connectivity index (χ0n) is 10.2. The van der Waals surface area contributed by atoms with Gasteiger partial charge in [0.05, 0.1) is 0 Å². The van der Waals surface area contributed by atoms with Crippen molar-refractivity contribution in [2.45, 2.75) is 19.9 Å². The van der Waals surface area contributed by atoms with Gasteiger partial charge in [0.1, 0.15) is 5.82 Å². The summed E-state index contributed by atoms with van der Waals surface area (Å²) < 4.78 is 13.2. The van der Waals surface area contributed by atoms with Crippen LogP contribution in [0, 0.1) is 12.7 Å². The number of fused-ring (bicyclic) bond motifs is 1. The summed E-state index contributed by atoms with van der Waals surface area (Å²) in [5, 5.41) is 0. The summed E-state index contributed by atoms with van der Waals surface area (Å²) >= 11 is 0. The van der Waals surface area contributed by atoms with Gasteiger partial charge in [-0.2, -0.15) is 0 Å². The molecule has 1 aromatic heterocycles. The minimum atomic E-state index is -0.180. The van der Waals surface area contributed by atoms with E-state index in [0.29, 0.717) is 6.54 Å². The summed E-state index contributed by atoms with van der Waals surface area (Å²) in [6, 6.07) is 5.00. The van der Waals surface area contributed by atoms with Crippen LogP contribution in [-0.4, -0.2) is 16.5 Å².